The number of fused-ring (bicyclic) bond motifs is 2. The van der Waals surface area contributed by atoms with E-state index in [0.717, 1.165) is 29.5 Å². The van der Waals surface area contributed by atoms with Crippen molar-refractivity contribution in [1.29, 1.82) is 0 Å². The largest absolute Gasteiger partial charge is 0.467 e. The van der Waals surface area contributed by atoms with Gasteiger partial charge in [-0.3, -0.25) is 4.79 Å². The van der Waals surface area contributed by atoms with Gasteiger partial charge in [0.25, 0.3) is 5.91 Å². The van der Waals surface area contributed by atoms with Crippen LogP contribution in [0.15, 0.2) is 42.0 Å². The summed E-state index contributed by atoms with van der Waals surface area (Å²) in [6, 6.07) is 10.3. The predicted molar refractivity (Wildman–Crippen MR) is 93.2 cm³/mol. The molecule has 0 saturated heterocycles. The molecule has 0 bridgehead atoms. The predicted octanol–water partition coefficient (Wildman–Crippen LogP) is 3.26. The molecule has 2 heterocycles. The molecule has 5 nitrogen and oxygen atoms in total. The molecule has 1 atom stereocenters. The van der Waals surface area contributed by atoms with Crippen LogP contribution < -0.4 is 10.1 Å². The summed E-state index contributed by atoms with van der Waals surface area (Å²) in [6.07, 6.45) is 4.59. The van der Waals surface area contributed by atoms with Crippen molar-refractivity contribution in [2.75, 3.05) is 6.61 Å². The Bertz CT molecular complexity index is 877. The van der Waals surface area contributed by atoms with E-state index < -0.39 is 0 Å². The zero-order valence-corrected chi connectivity index (χ0v) is 13.9. The van der Waals surface area contributed by atoms with Gasteiger partial charge in [-0.15, -0.1) is 11.3 Å². The second-order valence-corrected chi connectivity index (χ2v) is 6.71. The second kappa shape index (κ2) is 6.57. The third-order valence-electron chi connectivity index (χ3n) is 4.27. The average Bonchev–Trinajstić information content (AvgIpc) is 3.09. The molecular weight excluding hydrogens is 322 g/mol. The van der Waals surface area contributed by atoms with Crippen molar-refractivity contribution >= 4 is 27.5 Å². The van der Waals surface area contributed by atoms with E-state index in [1.54, 1.807) is 0 Å². The first-order valence-electron chi connectivity index (χ1n) is 7.99. The van der Waals surface area contributed by atoms with Gasteiger partial charge in [0, 0.05) is 0 Å². The van der Waals surface area contributed by atoms with Crippen LogP contribution in [0.3, 0.4) is 0 Å². The summed E-state index contributed by atoms with van der Waals surface area (Å²) in [5.41, 5.74) is 2.55. The number of rotatable bonds is 4. The fourth-order valence-electron chi connectivity index (χ4n) is 3.16. The maximum atomic E-state index is 12.3. The summed E-state index contributed by atoms with van der Waals surface area (Å²) < 4.78 is 5.61. The van der Waals surface area contributed by atoms with Crippen LogP contribution in [0.4, 0.5) is 0 Å². The van der Waals surface area contributed by atoms with E-state index in [9.17, 15) is 4.79 Å². The number of nitrogens with zero attached hydrogens (tertiary/aromatic N) is 2. The topological polar surface area (TPSA) is 64.1 Å². The molecule has 0 fully saturated rings. The molecule has 1 amide bonds. The zero-order chi connectivity index (χ0) is 16.4. The highest BCUT2D eigenvalue weighted by atomic mass is 32.1. The molecule has 0 spiro atoms. The van der Waals surface area contributed by atoms with E-state index >= 15 is 0 Å². The number of carbonyl (C=O) groups is 1. The Hall–Kier alpha value is -2.47. The molecule has 3 aromatic rings. The highest BCUT2D eigenvalue weighted by molar-refractivity contribution is 7.16. The first-order chi connectivity index (χ1) is 11.8. The maximum absolute atomic E-state index is 12.3. The van der Waals surface area contributed by atoms with Crippen molar-refractivity contribution in [3.8, 4) is 5.88 Å². The highest BCUT2D eigenvalue weighted by Gasteiger charge is 2.21. The number of carbonyl (C=O) groups excluding carboxylic acids is 1. The number of aryl methyl sites for hydroxylation is 1. The molecule has 0 unspecified atom stereocenters. The normalized spacial score (nSPS) is 16.6. The average molecular weight is 339 g/mol. The van der Waals surface area contributed by atoms with E-state index in [4.69, 9.17) is 4.74 Å². The van der Waals surface area contributed by atoms with Crippen molar-refractivity contribution in [2.24, 2.45) is 0 Å². The quantitative estimate of drug-likeness (QED) is 0.792. The van der Waals surface area contributed by atoms with Crippen LogP contribution in [-0.4, -0.2) is 22.5 Å². The van der Waals surface area contributed by atoms with Crippen LogP contribution in [0.2, 0.25) is 0 Å². The SMILES string of the molecule is O=C(COc1ncnc2sccc12)N[C@H]1CCCc2ccccc21. The zero-order valence-electron chi connectivity index (χ0n) is 13.1. The molecule has 0 radical (unpaired) electrons. The minimum atomic E-state index is -0.126. The van der Waals surface area contributed by atoms with Gasteiger partial charge in [-0.25, -0.2) is 9.97 Å². The third kappa shape index (κ3) is 2.97. The number of nitrogens with one attached hydrogen (secondary N) is 1. The van der Waals surface area contributed by atoms with Crippen LogP contribution in [0, 0.1) is 0 Å². The van der Waals surface area contributed by atoms with Crippen molar-refractivity contribution in [1.82, 2.24) is 15.3 Å². The molecule has 6 heteroatoms. The second-order valence-electron chi connectivity index (χ2n) is 5.82. The summed E-state index contributed by atoms with van der Waals surface area (Å²) in [5.74, 6) is 0.333. The lowest BCUT2D eigenvalue weighted by Gasteiger charge is -2.26. The Kier molecular flexibility index (Phi) is 4.13. The molecule has 4 rings (SSSR count). The monoisotopic (exact) mass is 339 g/mol. The van der Waals surface area contributed by atoms with E-state index in [-0.39, 0.29) is 18.6 Å². The van der Waals surface area contributed by atoms with Crippen LogP contribution in [-0.2, 0) is 11.2 Å². The molecule has 1 aromatic carbocycles. The fourth-order valence-corrected chi connectivity index (χ4v) is 3.88. The first kappa shape index (κ1) is 15.1. The molecule has 0 aliphatic heterocycles. The maximum Gasteiger partial charge on any atom is 0.258 e. The van der Waals surface area contributed by atoms with Gasteiger partial charge in [0.1, 0.15) is 11.2 Å². The summed E-state index contributed by atoms with van der Waals surface area (Å²) in [4.78, 5) is 21.5. The summed E-state index contributed by atoms with van der Waals surface area (Å²) in [6.45, 7) is -0.0410. The first-order valence-corrected chi connectivity index (χ1v) is 8.87. The molecule has 122 valence electrons. The van der Waals surface area contributed by atoms with Gasteiger partial charge in [-0.05, 0) is 41.8 Å². The Morgan fingerprint density at radius 1 is 1.29 bits per heavy atom. The van der Waals surface area contributed by atoms with Gasteiger partial charge in [0.2, 0.25) is 5.88 Å². The van der Waals surface area contributed by atoms with E-state index in [2.05, 4.69) is 27.4 Å². The molecular formula is C18H17N3O2S. The summed E-state index contributed by atoms with van der Waals surface area (Å²) in [5, 5.41) is 5.86. The van der Waals surface area contributed by atoms with Crippen molar-refractivity contribution in [3.05, 3.63) is 53.2 Å². The number of hydrogen-bond donors (Lipinski definition) is 1. The van der Waals surface area contributed by atoms with E-state index in [1.165, 1.54) is 28.8 Å². The third-order valence-corrected chi connectivity index (χ3v) is 5.09. The van der Waals surface area contributed by atoms with E-state index in [0.29, 0.717) is 5.88 Å². The smallest absolute Gasteiger partial charge is 0.258 e. The summed E-state index contributed by atoms with van der Waals surface area (Å²) in [7, 11) is 0. The van der Waals surface area contributed by atoms with Crippen LogP contribution >= 0.6 is 11.3 Å². The molecule has 2 aromatic heterocycles. The number of thiophene rings is 1. The van der Waals surface area contributed by atoms with Crippen LogP contribution in [0.5, 0.6) is 5.88 Å². The fraction of sp³-hybridized carbons (Fsp3) is 0.278. The standard InChI is InChI=1S/C18H17N3O2S/c22-16(10-23-17-14-8-9-24-18(14)20-11-19-17)21-15-7-3-5-12-4-1-2-6-13(12)15/h1-2,4,6,8-9,11,15H,3,5,7,10H2,(H,21,22)/t15-/m0/s1. The lowest BCUT2D eigenvalue weighted by atomic mass is 9.88. The van der Waals surface area contributed by atoms with Gasteiger partial charge in [-0.2, -0.15) is 0 Å². The number of benzene rings is 1. The Labute approximate surface area is 143 Å². The molecule has 24 heavy (non-hydrogen) atoms. The van der Waals surface area contributed by atoms with Crippen molar-refractivity contribution in [2.45, 2.75) is 25.3 Å². The Morgan fingerprint density at radius 3 is 3.17 bits per heavy atom. The number of amides is 1. The Morgan fingerprint density at radius 2 is 2.21 bits per heavy atom. The Balaban J connectivity index is 1.42. The molecule has 1 N–H and O–H groups in total. The molecule has 1 aliphatic rings. The lowest BCUT2D eigenvalue weighted by molar-refractivity contribution is -0.124. The summed E-state index contributed by atoms with van der Waals surface area (Å²) >= 11 is 1.52. The van der Waals surface area contributed by atoms with Gasteiger partial charge in [0.05, 0.1) is 11.4 Å². The number of hydrogen-bond acceptors (Lipinski definition) is 5. The number of ether oxygens (including phenoxy) is 1. The number of aromatic nitrogens is 2. The van der Waals surface area contributed by atoms with Crippen molar-refractivity contribution in [3.63, 3.8) is 0 Å². The van der Waals surface area contributed by atoms with Crippen LogP contribution in [0.1, 0.15) is 30.0 Å². The van der Waals surface area contributed by atoms with Gasteiger partial charge in [0.15, 0.2) is 6.61 Å². The minimum Gasteiger partial charge on any atom is -0.467 e. The minimum absolute atomic E-state index is 0.0410. The van der Waals surface area contributed by atoms with Gasteiger partial charge < -0.3 is 10.1 Å². The molecule has 1 aliphatic carbocycles. The highest BCUT2D eigenvalue weighted by Crippen LogP contribution is 2.29. The van der Waals surface area contributed by atoms with Gasteiger partial charge >= 0.3 is 0 Å². The lowest BCUT2D eigenvalue weighted by Crippen LogP contribution is -2.34. The van der Waals surface area contributed by atoms with Crippen LogP contribution in [0.25, 0.3) is 10.2 Å². The molecule has 0 saturated carbocycles. The van der Waals surface area contributed by atoms with E-state index in [1.807, 2.05) is 23.6 Å². The van der Waals surface area contributed by atoms with Gasteiger partial charge in [-0.1, -0.05) is 24.3 Å². The van der Waals surface area contributed by atoms with Crippen molar-refractivity contribution < 1.29 is 9.53 Å².